The second-order valence-corrected chi connectivity index (χ2v) is 7.03. The molecule has 2 rings (SSSR count). The largest absolute Gasteiger partial charge is 0.306 e. The Morgan fingerprint density at radius 3 is 2.67 bits per heavy atom. The van der Waals surface area contributed by atoms with Gasteiger partial charge < -0.3 is 5.32 Å². The zero-order valence-electron chi connectivity index (χ0n) is 9.71. The molecule has 0 spiro atoms. The third-order valence-electron chi connectivity index (χ3n) is 2.58. The Morgan fingerprint density at radius 1 is 1.33 bits per heavy atom. The van der Waals surface area contributed by atoms with Gasteiger partial charge in [0.25, 0.3) is 0 Å². The summed E-state index contributed by atoms with van der Waals surface area (Å²) >= 11 is 17.2. The quantitative estimate of drug-likeness (QED) is 0.753. The molecule has 1 heterocycles. The van der Waals surface area contributed by atoms with Crippen LogP contribution in [-0.2, 0) is 0 Å². The highest BCUT2D eigenvalue weighted by Gasteiger charge is 2.18. The lowest BCUT2D eigenvalue weighted by Gasteiger charge is -2.18. The van der Waals surface area contributed by atoms with Crippen LogP contribution >= 0.6 is 50.5 Å². The minimum absolute atomic E-state index is 0.0729. The summed E-state index contributed by atoms with van der Waals surface area (Å²) in [5.74, 6) is 0. The third-order valence-corrected chi connectivity index (χ3v) is 4.60. The van der Waals surface area contributed by atoms with Crippen molar-refractivity contribution in [1.82, 2.24) is 5.32 Å². The summed E-state index contributed by atoms with van der Waals surface area (Å²) in [6.07, 6.45) is 0. The van der Waals surface area contributed by atoms with Crippen LogP contribution in [0.15, 0.2) is 34.8 Å². The molecule has 0 amide bonds. The van der Waals surface area contributed by atoms with E-state index in [4.69, 9.17) is 23.2 Å². The molecule has 0 radical (unpaired) electrons. The zero-order valence-corrected chi connectivity index (χ0v) is 13.6. The second kappa shape index (κ2) is 6.40. The number of hydrogen-bond donors (Lipinski definition) is 1. The van der Waals surface area contributed by atoms with Crippen LogP contribution in [0.1, 0.15) is 24.1 Å². The molecule has 1 aromatic heterocycles. The Labute approximate surface area is 129 Å². The fraction of sp³-hybridized carbons (Fsp3) is 0.231. The van der Waals surface area contributed by atoms with Crippen molar-refractivity contribution in [2.75, 3.05) is 6.54 Å². The predicted molar refractivity (Wildman–Crippen MR) is 84.0 cm³/mol. The molecule has 96 valence electrons. The Morgan fingerprint density at radius 2 is 2.11 bits per heavy atom. The third kappa shape index (κ3) is 3.28. The Kier molecular flexibility index (Phi) is 5.10. The Hall–Kier alpha value is -0.0600. The van der Waals surface area contributed by atoms with Crippen LogP contribution in [0.3, 0.4) is 0 Å². The second-order valence-electron chi connectivity index (χ2n) is 3.83. The van der Waals surface area contributed by atoms with Gasteiger partial charge in [0.05, 0.1) is 14.7 Å². The molecule has 18 heavy (non-hydrogen) atoms. The lowest BCUT2D eigenvalue weighted by atomic mass is 10.0. The average molecular weight is 365 g/mol. The van der Waals surface area contributed by atoms with Gasteiger partial charge in [0.2, 0.25) is 0 Å². The van der Waals surface area contributed by atoms with Gasteiger partial charge in [-0.2, -0.15) is 0 Å². The topological polar surface area (TPSA) is 12.0 Å². The summed E-state index contributed by atoms with van der Waals surface area (Å²) in [4.78, 5) is 0. The van der Waals surface area contributed by atoms with E-state index >= 15 is 0 Å². The highest BCUT2D eigenvalue weighted by Crippen LogP contribution is 2.37. The number of halogens is 3. The normalized spacial score (nSPS) is 12.7. The standard InChI is InChI=1S/C13H12BrCl2NS/c1-2-17-12(8-4-3-5-9(14)6-8)10-7-11(15)18-13(10)16/h3-7,12,17H,2H2,1H3. The smallest absolute Gasteiger partial charge is 0.0995 e. The molecule has 1 aromatic carbocycles. The first kappa shape index (κ1) is 14.4. The minimum atomic E-state index is 0.0729. The summed E-state index contributed by atoms with van der Waals surface area (Å²) in [7, 11) is 0. The summed E-state index contributed by atoms with van der Waals surface area (Å²) in [6.45, 7) is 2.94. The average Bonchev–Trinajstić information content (AvgIpc) is 2.65. The van der Waals surface area contributed by atoms with Crippen molar-refractivity contribution < 1.29 is 0 Å². The van der Waals surface area contributed by atoms with Crippen molar-refractivity contribution in [3.63, 3.8) is 0 Å². The molecule has 1 N–H and O–H groups in total. The van der Waals surface area contributed by atoms with E-state index in [1.807, 2.05) is 18.2 Å². The van der Waals surface area contributed by atoms with Gasteiger partial charge in [-0.1, -0.05) is 58.2 Å². The molecule has 0 bridgehead atoms. The van der Waals surface area contributed by atoms with E-state index < -0.39 is 0 Å². The van der Waals surface area contributed by atoms with Crippen LogP contribution < -0.4 is 5.32 Å². The van der Waals surface area contributed by atoms with E-state index in [0.717, 1.165) is 20.9 Å². The number of thiophene rings is 1. The molecule has 2 aromatic rings. The van der Waals surface area contributed by atoms with Crippen molar-refractivity contribution in [3.05, 3.63) is 54.6 Å². The maximum absolute atomic E-state index is 6.25. The van der Waals surface area contributed by atoms with Crippen LogP contribution in [0.4, 0.5) is 0 Å². The van der Waals surface area contributed by atoms with Crippen LogP contribution in [0.5, 0.6) is 0 Å². The maximum Gasteiger partial charge on any atom is 0.0995 e. The SMILES string of the molecule is CCNC(c1cccc(Br)c1)c1cc(Cl)sc1Cl. The lowest BCUT2D eigenvalue weighted by Crippen LogP contribution is -2.21. The number of rotatable bonds is 4. The van der Waals surface area contributed by atoms with E-state index in [0.29, 0.717) is 4.34 Å². The summed E-state index contributed by atoms with van der Waals surface area (Å²) in [5.41, 5.74) is 2.20. The predicted octanol–water partition coefficient (Wildman–Crippen LogP) is 5.52. The molecule has 0 aliphatic carbocycles. The first-order valence-corrected chi connectivity index (χ1v) is 7.92. The van der Waals surface area contributed by atoms with Gasteiger partial charge in [-0.25, -0.2) is 0 Å². The summed E-state index contributed by atoms with van der Waals surface area (Å²) in [5, 5.41) is 3.44. The monoisotopic (exact) mass is 363 g/mol. The molecule has 1 unspecified atom stereocenters. The molecule has 0 fully saturated rings. The van der Waals surface area contributed by atoms with Gasteiger partial charge in [0.1, 0.15) is 0 Å². The molecule has 0 saturated carbocycles. The van der Waals surface area contributed by atoms with Crippen molar-refractivity contribution >= 4 is 50.5 Å². The zero-order chi connectivity index (χ0) is 13.1. The fourth-order valence-electron chi connectivity index (χ4n) is 1.85. The fourth-order valence-corrected chi connectivity index (χ4v) is 3.80. The van der Waals surface area contributed by atoms with Crippen LogP contribution in [-0.4, -0.2) is 6.54 Å². The van der Waals surface area contributed by atoms with Crippen LogP contribution in [0.25, 0.3) is 0 Å². The highest BCUT2D eigenvalue weighted by molar-refractivity contribution is 9.10. The first-order valence-electron chi connectivity index (χ1n) is 5.55. The van der Waals surface area contributed by atoms with Crippen LogP contribution in [0, 0.1) is 0 Å². The van der Waals surface area contributed by atoms with Crippen molar-refractivity contribution in [1.29, 1.82) is 0 Å². The molecular formula is C13H12BrCl2NS. The van der Waals surface area contributed by atoms with Gasteiger partial charge in [0.15, 0.2) is 0 Å². The maximum atomic E-state index is 6.25. The number of benzene rings is 1. The van der Waals surface area contributed by atoms with Gasteiger partial charge in [-0.3, -0.25) is 0 Å². The van der Waals surface area contributed by atoms with E-state index in [1.54, 1.807) is 0 Å². The van der Waals surface area contributed by atoms with Gasteiger partial charge in [-0.05, 0) is 30.3 Å². The lowest BCUT2D eigenvalue weighted by molar-refractivity contribution is 0.632. The molecule has 0 aliphatic heterocycles. The Bertz CT molecular complexity index is 542. The molecule has 0 aliphatic rings. The minimum Gasteiger partial charge on any atom is -0.306 e. The summed E-state index contributed by atoms with van der Waals surface area (Å²) in [6, 6.07) is 10.2. The Balaban J connectivity index is 2.42. The van der Waals surface area contributed by atoms with E-state index in [2.05, 4.69) is 40.3 Å². The molecule has 0 saturated heterocycles. The molecule has 1 nitrogen and oxygen atoms in total. The molecule has 5 heteroatoms. The van der Waals surface area contributed by atoms with Gasteiger partial charge in [-0.15, -0.1) is 11.3 Å². The van der Waals surface area contributed by atoms with Gasteiger partial charge in [0, 0.05) is 10.0 Å². The number of nitrogens with one attached hydrogen (secondary N) is 1. The first-order chi connectivity index (χ1) is 8.61. The van der Waals surface area contributed by atoms with Gasteiger partial charge >= 0.3 is 0 Å². The molecule has 1 atom stereocenters. The van der Waals surface area contributed by atoms with E-state index in [-0.39, 0.29) is 6.04 Å². The van der Waals surface area contributed by atoms with Crippen molar-refractivity contribution in [2.45, 2.75) is 13.0 Å². The molecular weight excluding hydrogens is 353 g/mol. The highest BCUT2D eigenvalue weighted by atomic mass is 79.9. The van der Waals surface area contributed by atoms with Crippen molar-refractivity contribution in [3.8, 4) is 0 Å². The van der Waals surface area contributed by atoms with E-state index in [1.165, 1.54) is 16.9 Å². The van der Waals surface area contributed by atoms with Crippen molar-refractivity contribution in [2.24, 2.45) is 0 Å². The summed E-state index contributed by atoms with van der Waals surface area (Å²) < 4.78 is 2.51. The van der Waals surface area contributed by atoms with E-state index in [9.17, 15) is 0 Å². The van der Waals surface area contributed by atoms with Crippen LogP contribution in [0.2, 0.25) is 8.67 Å². The number of hydrogen-bond acceptors (Lipinski definition) is 2.